The maximum absolute atomic E-state index is 12.1. The molecule has 0 unspecified atom stereocenters. The molecule has 0 aromatic heterocycles. The van der Waals surface area contributed by atoms with Crippen molar-refractivity contribution in [3.05, 3.63) is 78.4 Å². The fourth-order valence-corrected chi connectivity index (χ4v) is 2.83. The lowest BCUT2D eigenvalue weighted by Gasteiger charge is -2.11. The van der Waals surface area contributed by atoms with Gasteiger partial charge in [0.15, 0.2) is 11.5 Å². The molecular formula is C23H24N2O4. The number of hydrogen-bond donors (Lipinski definition) is 2. The summed E-state index contributed by atoms with van der Waals surface area (Å²) in [6.07, 6.45) is 0.684. The van der Waals surface area contributed by atoms with Crippen LogP contribution in [0.3, 0.4) is 0 Å². The van der Waals surface area contributed by atoms with Gasteiger partial charge in [0.2, 0.25) is 0 Å². The molecule has 150 valence electrons. The number of anilines is 1. The minimum Gasteiger partial charge on any atom is -0.496 e. The number of methoxy groups -OCH3 is 2. The van der Waals surface area contributed by atoms with E-state index >= 15 is 0 Å². The van der Waals surface area contributed by atoms with Crippen LogP contribution in [0.25, 0.3) is 0 Å². The summed E-state index contributed by atoms with van der Waals surface area (Å²) < 4.78 is 16.4. The van der Waals surface area contributed by atoms with Crippen molar-refractivity contribution >= 4 is 11.7 Å². The van der Waals surface area contributed by atoms with Crippen LogP contribution in [0.5, 0.6) is 23.0 Å². The third-order valence-corrected chi connectivity index (χ3v) is 4.28. The number of amides is 2. The van der Waals surface area contributed by atoms with Crippen molar-refractivity contribution in [3.8, 4) is 23.0 Å². The van der Waals surface area contributed by atoms with Crippen LogP contribution in [0.4, 0.5) is 10.5 Å². The zero-order chi connectivity index (χ0) is 20.5. The third-order valence-electron chi connectivity index (χ3n) is 4.28. The van der Waals surface area contributed by atoms with Crippen molar-refractivity contribution < 1.29 is 19.0 Å². The topological polar surface area (TPSA) is 68.8 Å². The second kappa shape index (κ2) is 10.0. The van der Waals surface area contributed by atoms with Gasteiger partial charge in [-0.2, -0.15) is 0 Å². The third kappa shape index (κ3) is 5.65. The number of carbonyl (C=O) groups excluding carboxylic acids is 1. The van der Waals surface area contributed by atoms with Crippen molar-refractivity contribution in [2.24, 2.45) is 0 Å². The summed E-state index contributed by atoms with van der Waals surface area (Å²) in [5, 5.41) is 5.66. The van der Waals surface area contributed by atoms with E-state index in [2.05, 4.69) is 10.6 Å². The van der Waals surface area contributed by atoms with Gasteiger partial charge in [0.25, 0.3) is 0 Å². The molecule has 3 aromatic carbocycles. The van der Waals surface area contributed by atoms with Gasteiger partial charge in [-0.05, 0) is 54.4 Å². The number of ether oxygens (including phenoxy) is 3. The first-order chi connectivity index (χ1) is 14.2. The maximum atomic E-state index is 12.1. The number of carbonyl (C=O) groups is 1. The van der Waals surface area contributed by atoms with Gasteiger partial charge in [-0.15, -0.1) is 0 Å². The van der Waals surface area contributed by atoms with E-state index in [1.165, 1.54) is 0 Å². The van der Waals surface area contributed by atoms with Gasteiger partial charge in [0.05, 0.1) is 14.2 Å². The summed E-state index contributed by atoms with van der Waals surface area (Å²) in [7, 11) is 3.24. The predicted molar refractivity (Wildman–Crippen MR) is 113 cm³/mol. The molecule has 0 aliphatic heterocycles. The second-order valence-electron chi connectivity index (χ2n) is 6.22. The molecular weight excluding hydrogens is 368 g/mol. The lowest BCUT2D eigenvalue weighted by Crippen LogP contribution is -2.30. The Labute approximate surface area is 170 Å². The van der Waals surface area contributed by atoms with Gasteiger partial charge in [0, 0.05) is 12.2 Å². The van der Waals surface area contributed by atoms with Crippen molar-refractivity contribution in [1.82, 2.24) is 5.32 Å². The molecule has 3 aromatic rings. The van der Waals surface area contributed by atoms with Gasteiger partial charge in [-0.3, -0.25) is 0 Å². The SMILES string of the molecule is COc1ccccc1CCNC(=O)Nc1ccc(Oc2ccccc2OC)cc1. The minimum absolute atomic E-state index is 0.265. The minimum atomic E-state index is -0.265. The Morgan fingerprint density at radius 1 is 0.793 bits per heavy atom. The summed E-state index contributed by atoms with van der Waals surface area (Å²) in [4.78, 5) is 12.1. The number of para-hydroxylation sites is 3. The Kier molecular flexibility index (Phi) is 6.95. The Balaban J connectivity index is 1.49. The summed E-state index contributed by atoms with van der Waals surface area (Å²) in [5.74, 6) is 2.76. The zero-order valence-corrected chi connectivity index (χ0v) is 16.5. The molecule has 0 fully saturated rings. The summed E-state index contributed by atoms with van der Waals surface area (Å²) in [6.45, 7) is 0.501. The van der Waals surface area contributed by atoms with Crippen LogP contribution in [0, 0.1) is 0 Å². The Bertz CT molecular complexity index is 942. The lowest BCUT2D eigenvalue weighted by molar-refractivity contribution is 0.252. The second-order valence-corrected chi connectivity index (χ2v) is 6.22. The van der Waals surface area contributed by atoms with Gasteiger partial charge in [0.1, 0.15) is 11.5 Å². The average Bonchev–Trinajstić information content (AvgIpc) is 2.76. The highest BCUT2D eigenvalue weighted by Crippen LogP contribution is 2.31. The first-order valence-corrected chi connectivity index (χ1v) is 9.27. The Morgan fingerprint density at radius 2 is 1.41 bits per heavy atom. The highest BCUT2D eigenvalue weighted by molar-refractivity contribution is 5.89. The molecule has 0 aliphatic carbocycles. The van der Waals surface area contributed by atoms with E-state index in [0.717, 1.165) is 11.3 Å². The predicted octanol–water partition coefficient (Wildman–Crippen LogP) is 4.86. The summed E-state index contributed by atoms with van der Waals surface area (Å²) in [5.41, 5.74) is 1.72. The molecule has 0 bridgehead atoms. The molecule has 2 N–H and O–H groups in total. The number of rotatable bonds is 8. The van der Waals surface area contributed by atoms with E-state index in [1.54, 1.807) is 38.5 Å². The normalized spacial score (nSPS) is 10.1. The van der Waals surface area contributed by atoms with E-state index in [1.807, 2.05) is 48.5 Å². The van der Waals surface area contributed by atoms with Crippen molar-refractivity contribution in [3.63, 3.8) is 0 Å². The van der Waals surface area contributed by atoms with Gasteiger partial charge in [-0.25, -0.2) is 4.79 Å². The van der Waals surface area contributed by atoms with E-state index in [9.17, 15) is 4.79 Å². The van der Waals surface area contributed by atoms with Crippen molar-refractivity contribution in [2.75, 3.05) is 26.1 Å². The molecule has 3 rings (SSSR count). The molecule has 6 heteroatoms. The van der Waals surface area contributed by atoms with Crippen LogP contribution in [0.2, 0.25) is 0 Å². The molecule has 0 radical (unpaired) electrons. The smallest absolute Gasteiger partial charge is 0.319 e. The van der Waals surface area contributed by atoms with E-state index in [4.69, 9.17) is 14.2 Å². The van der Waals surface area contributed by atoms with Crippen LogP contribution in [0.1, 0.15) is 5.56 Å². The van der Waals surface area contributed by atoms with E-state index < -0.39 is 0 Å². The van der Waals surface area contributed by atoms with Crippen LogP contribution in [-0.4, -0.2) is 26.8 Å². The Hall–Kier alpha value is -3.67. The summed E-state index contributed by atoms with van der Waals surface area (Å²) in [6, 6.07) is 22.1. The quantitative estimate of drug-likeness (QED) is 0.574. The fourth-order valence-electron chi connectivity index (χ4n) is 2.83. The largest absolute Gasteiger partial charge is 0.496 e. The monoisotopic (exact) mass is 392 g/mol. The van der Waals surface area contributed by atoms with Crippen LogP contribution in [0.15, 0.2) is 72.8 Å². The first kappa shape index (κ1) is 20.1. The molecule has 0 heterocycles. The average molecular weight is 392 g/mol. The number of urea groups is 1. The molecule has 2 amide bonds. The van der Waals surface area contributed by atoms with E-state index in [-0.39, 0.29) is 6.03 Å². The number of benzene rings is 3. The molecule has 0 saturated carbocycles. The standard InChI is InChI=1S/C23H24N2O4/c1-27-20-8-4-3-7-17(20)15-16-24-23(26)25-18-11-13-19(14-12-18)29-22-10-6-5-9-21(22)28-2/h3-14H,15-16H2,1-2H3,(H2,24,25,26). The van der Waals surface area contributed by atoms with E-state index in [0.29, 0.717) is 35.9 Å². The molecule has 0 atom stereocenters. The molecule has 0 spiro atoms. The molecule has 29 heavy (non-hydrogen) atoms. The van der Waals surface area contributed by atoms with Gasteiger partial charge >= 0.3 is 6.03 Å². The van der Waals surface area contributed by atoms with Crippen molar-refractivity contribution in [1.29, 1.82) is 0 Å². The lowest BCUT2D eigenvalue weighted by atomic mass is 10.1. The number of hydrogen-bond acceptors (Lipinski definition) is 4. The highest BCUT2D eigenvalue weighted by Gasteiger charge is 2.06. The zero-order valence-electron chi connectivity index (χ0n) is 16.5. The van der Waals surface area contributed by atoms with Crippen LogP contribution < -0.4 is 24.8 Å². The fraction of sp³-hybridized carbons (Fsp3) is 0.174. The molecule has 0 saturated heterocycles. The van der Waals surface area contributed by atoms with Gasteiger partial charge < -0.3 is 24.8 Å². The maximum Gasteiger partial charge on any atom is 0.319 e. The number of nitrogens with one attached hydrogen (secondary N) is 2. The van der Waals surface area contributed by atoms with Crippen molar-refractivity contribution in [2.45, 2.75) is 6.42 Å². The van der Waals surface area contributed by atoms with Gasteiger partial charge in [-0.1, -0.05) is 30.3 Å². The Morgan fingerprint density at radius 3 is 2.10 bits per heavy atom. The van der Waals surface area contributed by atoms with Crippen LogP contribution in [-0.2, 0) is 6.42 Å². The molecule has 0 aliphatic rings. The summed E-state index contributed by atoms with van der Waals surface area (Å²) >= 11 is 0. The molecule has 6 nitrogen and oxygen atoms in total. The highest BCUT2D eigenvalue weighted by atomic mass is 16.5. The van der Waals surface area contributed by atoms with Crippen LogP contribution >= 0.6 is 0 Å². The first-order valence-electron chi connectivity index (χ1n) is 9.27.